The molecule has 1 amide bonds. The minimum Gasteiger partial charge on any atom is -0.469 e. The number of hydrogen-bond donors (Lipinski definition) is 1. The predicted octanol–water partition coefficient (Wildman–Crippen LogP) is 4.59. The van der Waals surface area contributed by atoms with Gasteiger partial charge in [-0.1, -0.05) is 6.07 Å². The molecule has 0 spiro atoms. The van der Waals surface area contributed by atoms with Gasteiger partial charge in [0.05, 0.1) is 30.4 Å². The Kier molecular flexibility index (Phi) is 5.02. The minimum atomic E-state index is 0.0818. The number of carbonyl (C=O) groups is 1. The summed E-state index contributed by atoms with van der Waals surface area (Å²) < 4.78 is 5.38. The second-order valence-electron chi connectivity index (χ2n) is 8.92. The largest absolute Gasteiger partial charge is 0.469 e. The van der Waals surface area contributed by atoms with Crippen LogP contribution in [0.15, 0.2) is 65.7 Å². The number of pyridine rings is 1. The number of anilines is 1. The molecule has 6 rings (SSSR count). The summed E-state index contributed by atoms with van der Waals surface area (Å²) in [7, 11) is 0. The van der Waals surface area contributed by atoms with Crippen molar-refractivity contribution in [3.8, 4) is 11.1 Å². The van der Waals surface area contributed by atoms with E-state index in [1.165, 1.54) is 12.8 Å². The fourth-order valence-electron chi connectivity index (χ4n) is 4.16. The Labute approximate surface area is 191 Å². The molecule has 0 bridgehead atoms. The van der Waals surface area contributed by atoms with E-state index in [0.717, 1.165) is 46.4 Å². The van der Waals surface area contributed by atoms with E-state index in [0.29, 0.717) is 24.4 Å². The van der Waals surface area contributed by atoms with Crippen LogP contribution in [0.2, 0.25) is 0 Å². The lowest BCUT2D eigenvalue weighted by molar-refractivity contribution is -0.132. The number of nitrogens with zero attached hydrogens (tertiary/aromatic N) is 4. The highest BCUT2D eigenvalue weighted by molar-refractivity contribution is 5.92. The van der Waals surface area contributed by atoms with Crippen LogP contribution >= 0.6 is 0 Å². The second kappa shape index (κ2) is 8.31. The lowest BCUT2D eigenvalue weighted by Gasteiger charge is -2.22. The third-order valence-corrected chi connectivity index (χ3v) is 6.25. The van der Waals surface area contributed by atoms with Crippen molar-refractivity contribution in [1.82, 2.24) is 19.9 Å². The van der Waals surface area contributed by atoms with Crippen LogP contribution in [0.4, 0.5) is 5.82 Å². The molecular formula is C26H25N5O2. The summed E-state index contributed by atoms with van der Waals surface area (Å²) in [5.41, 5.74) is 3.96. The third kappa shape index (κ3) is 4.44. The zero-order valence-corrected chi connectivity index (χ0v) is 18.3. The molecule has 3 aromatic heterocycles. The number of amides is 1. The molecule has 0 aliphatic heterocycles. The van der Waals surface area contributed by atoms with Gasteiger partial charge in [-0.05, 0) is 73.2 Å². The molecule has 166 valence electrons. The number of rotatable bonds is 8. The Hall–Kier alpha value is -3.74. The Bertz CT molecular complexity index is 1300. The highest BCUT2D eigenvalue weighted by Gasteiger charge is 2.33. The topological polar surface area (TPSA) is 84.2 Å². The van der Waals surface area contributed by atoms with E-state index in [1.54, 1.807) is 12.6 Å². The number of fused-ring (bicyclic) bond motifs is 1. The standard InChI is InChI=1S/C26H25N5O2/c32-25(14-22-2-1-11-33-22)31(21-6-7-21)15-20-12-18(9-10-27-20)17-3-8-24-23(13-17)26(29-16-28-24)30-19-4-5-19/h1-3,8-13,16,19,21H,4-7,14-15H2,(H,28,29,30). The Morgan fingerprint density at radius 2 is 1.91 bits per heavy atom. The van der Waals surface area contributed by atoms with Crippen molar-refractivity contribution < 1.29 is 9.21 Å². The van der Waals surface area contributed by atoms with Gasteiger partial charge in [0.15, 0.2) is 0 Å². The average Bonchev–Trinajstić information content (AvgIpc) is 3.78. The van der Waals surface area contributed by atoms with E-state index in [-0.39, 0.29) is 12.3 Å². The lowest BCUT2D eigenvalue weighted by Crippen LogP contribution is -2.34. The molecule has 0 saturated heterocycles. The van der Waals surface area contributed by atoms with E-state index >= 15 is 0 Å². The van der Waals surface area contributed by atoms with Crippen molar-refractivity contribution in [3.63, 3.8) is 0 Å². The molecule has 33 heavy (non-hydrogen) atoms. The van der Waals surface area contributed by atoms with E-state index in [1.807, 2.05) is 35.4 Å². The first-order chi connectivity index (χ1) is 16.2. The highest BCUT2D eigenvalue weighted by atomic mass is 16.3. The van der Waals surface area contributed by atoms with Crippen molar-refractivity contribution in [1.29, 1.82) is 0 Å². The Morgan fingerprint density at radius 3 is 2.70 bits per heavy atom. The molecule has 7 heteroatoms. The van der Waals surface area contributed by atoms with E-state index in [9.17, 15) is 4.79 Å². The third-order valence-electron chi connectivity index (χ3n) is 6.25. The first-order valence-corrected chi connectivity index (χ1v) is 11.5. The number of aromatic nitrogens is 3. The number of benzene rings is 1. The van der Waals surface area contributed by atoms with E-state index < -0.39 is 0 Å². The SMILES string of the molecule is O=C(Cc1ccco1)N(Cc1cc(-c2ccc3ncnc(NC4CC4)c3c2)ccn1)C1CC1. The van der Waals surface area contributed by atoms with E-state index in [4.69, 9.17) is 4.42 Å². The molecule has 7 nitrogen and oxygen atoms in total. The summed E-state index contributed by atoms with van der Waals surface area (Å²) in [5.74, 6) is 1.67. The summed E-state index contributed by atoms with van der Waals surface area (Å²) >= 11 is 0. The van der Waals surface area contributed by atoms with Gasteiger partial charge >= 0.3 is 0 Å². The lowest BCUT2D eigenvalue weighted by atomic mass is 10.0. The van der Waals surface area contributed by atoms with E-state index in [2.05, 4.69) is 38.5 Å². The van der Waals surface area contributed by atoms with Crippen molar-refractivity contribution in [2.45, 2.75) is 50.7 Å². The summed E-state index contributed by atoms with van der Waals surface area (Å²) in [5, 5.41) is 4.53. The smallest absolute Gasteiger partial charge is 0.230 e. The van der Waals surface area contributed by atoms with Gasteiger partial charge in [0.2, 0.25) is 5.91 Å². The van der Waals surface area contributed by atoms with Crippen LogP contribution < -0.4 is 5.32 Å². The first kappa shape index (κ1) is 19.9. The maximum absolute atomic E-state index is 12.9. The number of nitrogens with one attached hydrogen (secondary N) is 1. The van der Waals surface area contributed by atoms with Gasteiger partial charge in [-0.3, -0.25) is 9.78 Å². The van der Waals surface area contributed by atoms with Gasteiger partial charge in [0.25, 0.3) is 0 Å². The summed E-state index contributed by atoms with van der Waals surface area (Å²) in [6.07, 6.45) is 9.80. The molecule has 2 saturated carbocycles. The summed E-state index contributed by atoms with van der Waals surface area (Å²) in [6, 6.07) is 14.8. The molecule has 4 aromatic rings. The Morgan fingerprint density at radius 1 is 1.03 bits per heavy atom. The van der Waals surface area contributed by atoms with Gasteiger partial charge in [-0.25, -0.2) is 9.97 Å². The second-order valence-corrected chi connectivity index (χ2v) is 8.92. The summed E-state index contributed by atoms with van der Waals surface area (Å²) in [4.78, 5) is 28.3. The van der Waals surface area contributed by atoms with Gasteiger partial charge in [0, 0.05) is 23.7 Å². The molecule has 3 heterocycles. The highest BCUT2D eigenvalue weighted by Crippen LogP contribution is 2.32. The number of hydrogen-bond acceptors (Lipinski definition) is 6. The molecule has 1 N–H and O–H groups in total. The molecule has 0 unspecified atom stereocenters. The fraction of sp³-hybridized carbons (Fsp3) is 0.308. The van der Waals surface area contributed by atoms with Crippen LogP contribution in [-0.2, 0) is 17.8 Å². The maximum Gasteiger partial charge on any atom is 0.230 e. The van der Waals surface area contributed by atoms with Crippen molar-refractivity contribution in [3.05, 3.63) is 72.7 Å². The monoisotopic (exact) mass is 439 g/mol. The van der Waals surface area contributed by atoms with Crippen LogP contribution in [0.5, 0.6) is 0 Å². The number of carbonyl (C=O) groups excluding carboxylic acids is 1. The molecule has 1 aromatic carbocycles. The predicted molar refractivity (Wildman–Crippen MR) is 125 cm³/mol. The van der Waals surface area contributed by atoms with Crippen LogP contribution in [0.1, 0.15) is 37.1 Å². The zero-order valence-electron chi connectivity index (χ0n) is 18.3. The van der Waals surface area contributed by atoms with Gasteiger partial charge in [-0.2, -0.15) is 0 Å². The first-order valence-electron chi connectivity index (χ1n) is 11.5. The zero-order chi connectivity index (χ0) is 22.2. The summed E-state index contributed by atoms with van der Waals surface area (Å²) in [6.45, 7) is 0.503. The van der Waals surface area contributed by atoms with Crippen LogP contribution in [0.3, 0.4) is 0 Å². The fourth-order valence-corrected chi connectivity index (χ4v) is 4.16. The van der Waals surface area contributed by atoms with Crippen molar-refractivity contribution >= 4 is 22.6 Å². The molecule has 2 aliphatic rings. The van der Waals surface area contributed by atoms with Gasteiger partial charge in [0.1, 0.15) is 17.9 Å². The molecule has 2 fully saturated rings. The molecule has 0 radical (unpaired) electrons. The van der Waals surface area contributed by atoms with Gasteiger partial charge < -0.3 is 14.6 Å². The Balaban J connectivity index is 1.26. The molecule has 2 aliphatic carbocycles. The quantitative estimate of drug-likeness (QED) is 0.432. The normalized spacial score (nSPS) is 15.5. The van der Waals surface area contributed by atoms with Crippen LogP contribution in [0.25, 0.3) is 22.0 Å². The molecular weight excluding hydrogens is 414 g/mol. The maximum atomic E-state index is 12.9. The molecule has 0 atom stereocenters. The number of furan rings is 1. The van der Waals surface area contributed by atoms with Gasteiger partial charge in [-0.15, -0.1) is 0 Å². The minimum absolute atomic E-state index is 0.0818. The van der Waals surface area contributed by atoms with Crippen molar-refractivity contribution in [2.24, 2.45) is 0 Å². The average molecular weight is 440 g/mol. The van der Waals surface area contributed by atoms with Crippen LogP contribution in [-0.4, -0.2) is 37.8 Å². The van der Waals surface area contributed by atoms with Crippen LogP contribution in [0, 0.1) is 0 Å². The van der Waals surface area contributed by atoms with Crippen molar-refractivity contribution in [2.75, 3.05) is 5.32 Å².